The number of fused-ring (bicyclic) bond motifs is 1. The maximum Gasteiger partial charge on any atom is 0.153 e. The van der Waals surface area contributed by atoms with Crippen molar-refractivity contribution >= 4 is 34.2 Å². The third-order valence-electron chi connectivity index (χ3n) is 3.72. The average molecular weight is 335 g/mol. The van der Waals surface area contributed by atoms with E-state index < -0.39 is 0 Å². The minimum absolute atomic E-state index is 0.202. The highest BCUT2D eigenvalue weighted by Gasteiger charge is 2.14. The molecule has 0 bridgehead atoms. The minimum Gasteiger partial charge on any atom is -0.483 e. The lowest BCUT2D eigenvalue weighted by atomic mass is 10.1. The monoisotopic (exact) mass is 334 g/mol. The second-order valence-electron chi connectivity index (χ2n) is 5.41. The fraction of sp³-hybridized carbons (Fsp3) is 0.235. The summed E-state index contributed by atoms with van der Waals surface area (Å²) >= 11 is 12.0. The van der Waals surface area contributed by atoms with Gasteiger partial charge in [-0.05, 0) is 56.2 Å². The van der Waals surface area contributed by atoms with E-state index in [1.54, 1.807) is 12.1 Å². The zero-order valence-corrected chi connectivity index (χ0v) is 14.1. The summed E-state index contributed by atoms with van der Waals surface area (Å²) in [5, 5.41) is 1.00. The Bertz CT molecular complexity index is 803. The molecular weight excluding hydrogens is 319 g/mol. The van der Waals surface area contributed by atoms with Gasteiger partial charge in [0.25, 0.3) is 0 Å². The first-order chi connectivity index (χ1) is 10.4. The molecule has 1 N–H and O–H groups in total. The first-order valence-electron chi connectivity index (χ1n) is 7.02. The summed E-state index contributed by atoms with van der Waals surface area (Å²) < 4.78 is 5.97. The van der Waals surface area contributed by atoms with E-state index in [2.05, 4.69) is 29.9 Å². The summed E-state index contributed by atoms with van der Waals surface area (Å²) in [6, 6.07) is 9.58. The molecule has 0 fully saturated rings. The molecule has 2 aromatic carbocycles. The van der Waals surface area contributed by atoms with Gasteiger partial charge in [-0.2, -0.15) is 0 Å². The van der Waals surface area contributed by atoms with Gasteiger partial charge in [0.1, 0.15) is 11.6 Å². The third-order valence-corrected chi connectivity index (χ3v) is 4.44. The van der Waals surface area contributed by atoms with Crippen LogP contribution in [0.25, 0.3) is 11.0 Å². The molecule has 0 saturated carbocycles. The molecule has 22 heavy (non-hydrogen) atoms. The van der Waals surface area contributed by atoms with Gasteiger partial charge in [-0.25, -0.2) is 4.98 Å². The van der Waals surface area contributed by atoms with Crippen molar-refractivity contribution in [2.75, 3.05) is 0 Å². The first-order valence-corrected chi connectivity index (χ1v) is 7.78. The molecule has 3 nitrogen and oxygen atoms in total. The predicted octanol–water partition coefficient (Wildman–Crippen LogP) is 5.63. The van der Waals surface area contributed by atoms with E-state index in [-0.39, 0.29) is 6.10 Å². The zero-order valence-electron chi connectivity index (χ0n) is 12.6. The number of rotatable bonds is 3. The molecule has 0 spiro atoms. The number of nitrogens with zero attached hydrogens (tertiary/aromatic N) is 1. The maximum atomic E-state index is 6.03. The number of aryl methyl sites for hydroxylation is 2. The fourth-order valence-corrected chi connectivity index (χ4v) is 2.59. The normalized spacial score (nSPS) is 12.6. The highest BCUT2D eigenvalue weighted by Crippen LogP contribution is 2.29. The maximum absolute atomic E-state index is 6.03. The van der Waals surface area contributed by atoms with Crippen molar-refractivity contribution in [3.63, 3.8) is 0 Å². The Kier molecular flexibility index (Phi) is 4.02. The van der Waals surface area contributed by atoms with E-state index in [0.29, 0.717) is 10.0 Å². The Labute approximate surface area is 139 Å². The number of ether oxygens (including phenoxy) is 1. The molecule has 3 aromatic rings. The van der Waals surface area contributed by atoms with Crippen LogP contribution < -0.4 is 4.74 Å². The molecule has 1 heterocycles. The van der Waals surface area contributed by atoms with Crippen LogP contribution in [0.15, 0.2) is 30.3 Å². The standard InChI is InChI=1S/C17H16Cl2N2O/c1-9-4-5-12(6-10(9)2)22-11(3)17-20-15-7-13(18)14(19)8-16(15)21-17/h4-8,11H,1-3H3,(H,20,21)/t11-/m0/s1. The minimum atomic E-state index is -0.202. The van der Waals surface area contributed by atoms with Crippen molar-refractivity contribution < 1.29 is 4.74 Å². The molecule has 3 rings (SSSR count). The zero-order chi connectivity index (χ0) is 15.9. The third kappa shape index (κ3) is 2.92. The van der Waals surface area contributed by atoms with Gasteiger partial charge in [0, 0.05) is 0 Å². The number of aromatic amines is 1. The molecule has 1 aromatic heterocycles. The summed E-state index contributed by atoms with van der Waals surface area (Å²) in [4.78, 5) is 7.76. The van der Waals surface area contributed by atoms with Crippen LogP contribution in [-0.2, 0) is 0 Å². The molecule has 1 atom stereocenters. The van der Waals surface area contributed by atoms with Crippen LogP contribution in [0.3, 0.4) is 0 Å². The van der Waals surface area contributed by atoms with Crippen molar-refractivity contribution in [1.82, 2.24) is 9.97 Å². The van der Waals surface area contributed by atoms with Gasteiger partial charge in [-0.3, -0.25) is 0 Å². The van der Waals surface area contributed by atoms with Gasteiger partial charge in [0.2, 0.25) is 0 Å². The average Bonchev–Trinajstić information content (AvgIpc) is 2.86. The number of benzene rings is 2. The van der Waals surface area contributed by atoms with E-state index in [1.807, 2.05) is 19.1 Å². The molecule has 0 aliphatic heterocycles. The van der Waals surface area contributed by atoms with E-state index >= 15 is 0 Å². The summed E-state index contributed by atoms with van der Waals surface area (Å²) in [5.74, 6) is 1.57. The Morgan fingerprint density at radius 1 is 1.05 bits per heavy atom. The largest absolute Gasteiger partial charge is 0.483 e. The Morgan fingerprint density at radius 3 is 2.50 bits per heavy atom. The number of aromatic nitrogens is 2. The van der Waals surface area contributed by atoms with Gasteiger partial charge in [-0.15, -0.1) is 0 Å². The summed E-state index contributed by atoms with van der Waals surface area (Å²) in [7, 11) is 0. The summed E-state index contributed by atoms with van der Waals surface area (Å²) in [6.45, 7) is 6.10. The van der Waals surface area contributed by atoms with Crippen LogP contribution in [0.2, 0.25) is 10.0 Å². The molecule has 114 valence electrons. The highest BCUT2D eigenvalue weighted by atomic mass is 35.5. The molecule has 0 radical (unpaired) electrons. The van der Waals surface area contributed by atoms with Crippen LogP contribution in [0.1, 0.15) is 30.0 Å². The Hall–Kier alpha value is -1.71. The molecule has 0 saturated heterocycles. The van der Waals surface area contributed by atoms with E-state index in [4.69, 9.17) is 27.9 Å². The van der Waals surface area contributed by atoms with Gasteiger partial charge in [-0.1, -0.05) is 29.3 Å². The Morgan fingerprint density at radius 2 is 1.77 bits per heavy atom. The number of imidazole rings is 1. The number of halogens is 2. The van der Waals surface area contributed by atoms with Crippen LogP contribution >= 0.6 is 23.2 Å². The fourth-order valence-electron chi connectivity index (χ4n) is 2.26. The lowest BCUT2D eigenvalue weighted by Gasteiger charge is -2.13. The molecular formula is C17H16Cl2N2O. The quantitative estimate of drug-likeness (QED) is 0.674. The molecule has 0 amide bonds. The summed E-state index contributed by atoms with van der Waals surface area (Å²) in [6.07, 6.45) is -0.202. The number of hydrogen-bond donors (Lipinski definition) is 1. The van der Waals surface area contributed by atoms with Gasteiger partial charge in [0.15, 0.2) is 6.10 Å². The lowest BCUT2D eigenvalue weighted by molar-refractivity contribution is 0.218. The van der Waals surface area contributed by atoms with Crippen molar-refractivity contribution in [2.45, 2.75) is 26.9 Å². The van der Waals surface area contributed by atoms with Gasteiger partial charge >= 0.3 is 0 Å². The molecule has 0 aliphatic carbocycles. The van der Waals surface area contributed by atoms with Gasteiger partial charge < -0.3 is 9.72 Å². The topological polar surface area (TPSA) is 37.9 Å². The Balaban J connectivity index is 1.88. The second-order valence-corrected chi connectivity index (χ2v) is 6.23. The van der Waals surface area contributed by atoms with Crippen LogP contribution in [0, 0.1) is 13.8 Å². The number of H-pyrrole nitrogens is 1. The van der Waals surface area contributed by atoms with Crippen LogP contribution in [-0.4, -0.2) is 9.97 Å². The smallest absolute Gasteiger partial charge is 0.153 e. The van der Waals surface area contributed by atoms with E-state index in [9.17, 15) is 0 Å². The lowest BCUT2D eigenvalue weighted by Crippen LogP contribution is -2.05. The predicted molar refractivity (Wildman–Crippen MR) is 91.1 cm³/mol. The van der Waals surface area contributed by atoms with Crippen molar-refractivity contribution in [2.24, 2.45) is 0 Å². The molecule has 0 unspecified atom stereocenters. The number of nitrogens with one attached hydrogen (secondary N) is 1. The van der Waals surface area contributed by atoms with Crippen LogP contribution in [0.5, 0.6) is 5.75 Å². The SMILES string of the molecule is Cc1ccc(O[C@@H](C)c2nc3cc(Cl)c(Cl)cc3[nH]2)cc1C. The number of hydrogen-bond acceptors (Lipinski definition) is 2. The van der Waals surface area contributed by atoms with E-state index in [1.165, 1.54) is 11.1 Å². The summed E-state index contributed by atoms with van der Waals surface area (Å²) in [5.41, 5.74) is 4.07. The first kappa shape index (κ1) is 15.2. The van der Waals surface area contributed by atoms with Crippen molar-refractivity contribution in [3.8, 4) is 5.75 Å². The van der Waals surface area contributed by atoms with Crippen LogP contribution in [0.4, 0.5) is 0 Å². The van der Waals surface area contributed by atoms with Crippen molar-refractivity contribution in [1.29, 1.82) is 0 Å². The molecule has 5 heteroatoms. The van der Waals surface area contributed by atoms with E-state index in [0.717, 1.165) is 22.6 Å². The highest BCUT2D eigenvalue weighted by molar-refractivity contribution is 6.42. The second kappa shape index (κ2) is 5.82. The van der Waals surface area contributed by atoms with Gasteiger partial charge in [0.05, 0.1) is 21.1 Å². The van der Waals surface area contributed by atoms with Crippen molar-refractivity contribution in [3.05, 3.63) is 57.3 Å². The molecule has 0 aliphatic rings.